The maximum atomic E-state index is 14.3. The van der Waals surface area contributed by atoms with Crippen molar-refractivity contribution in [1.29, 1.82) is 0 Å². The van der Waals surface area contributed by atoms with E-state index >= 15 is 0 Å². The summed E-state index contributed by atoms with van der Waals surface area (Å²) >= 11 is 0. The lowest BCUT2D eigenvalue weighted by atomic mass is 10.1. The highest BCUT2D eigenvalue weighted by atomic mass is 19.1. The van der Waals surface area contributed by atoms with Crippen LogP contribution in [-0.2, 0) is 13.6 Å². The van der Waals surface area contributed by atoms with Gasteiger partial charge in [-0.3, -0.25) is 4.68 Å². The molecule has 2 aromatic rings. The van der Waals surface area contributed by atoms with E-state index in [4.69, 9.17) is 0 Å². The second-order valence-electron chi connectivity index (χ2n) is 5.74. The van der Waals surface area contributed by atoms with Crippen LogP contribution in [0.15, 0.2) is 24.5 Å². The van der Waals surface area contributed by atoms with E-state index < -0.39 is 0 Å². The maximum Gasteiger partial charge on any atom is 0.170 e. The molecule has 2 heterocycles. The van der Waals surface area contributed by atoms with E-state index in [2.05, 4.69) is 20.7 Å². The van der Waals surface area contributed by atoms with Crippen LogP contribution in [0.2, 0.25) is 0 Å². The number of hydrogen-bond acceptors (Lipinski definition) is 4. The van der Waals surface area contributed by atoms with E-state index in [1.165, 1.54) is 0 Å². The molecule has 2 N–H and O–H groups in total. The maximum absolute atomic E-state index is 14.3. The van der Waals surface area contributed by atoms with Gasteiger partial charge < -0.3 is 10.6 Å². The summed E-state index contributed by atoms with van der Waals surface area (Å²) in [7, 11) is 1.80. The van der Waals surface area contributed by atoms with E-state index in [0.717, 1.165) is 0 Å². The van der Waals surface area contributed by atoms with Gasteiger partial charge in [0.2, 0.25) is 0 Å². The number of pyridine rings is 1. The molecule has 108 valence electrons. The number of anilines is 2. The molecular formula is C14H20FN5. The Hall–Kier alpha value is -1.95. The molecule has 0 aliphatic heterocycles. The minimum Gasteiger partial charge on any atom is -0.321 e. The first-order valence-electron chi connectivity index (χ1n) is 6.50. The number of halogens is 1. The van der Waals surface area contributed by atoms with Crippen molar-refractivity contribution < 1.29 is 4.39 Å². The predicted molar refractivity (Wildman–Crippen MR) is 77.3 cm³/mol. The van der Waals surface area contributed by atoms with Gasteiger partial charge in [-0.2, -0.15) is 5.10 Å². The molecule has 0 aromatic carbocycles. The molecule has 0 bridgehead atoms. The first kappa shape index (κ1) is 14.5. The van der Waals surface area contributed by atoms with Crippen LogP contribution in [0.25, 0.3) is 0 Å². The van der Waals surface area contributed by atoms with Gasteiger partial charge in [-0.15, -0.1) is 0 Å². The van der Waals surface area contributed by atoms with E-state index in [1.807, 2.05) is 20.8 Å². The summed E-state index contributed by atoms with van der Waals surface area (Å²) in [6, 6.07) is 3.44. The van der Waals surface area contributed by atoms with Crippen LogP contribution in [0.5, 0.6) is 0 Å². The zero-order valence-corrected chi connectivity index (χ0v) is 12.2. The van der Waals surface area contributed by atoms with E-state index in [1.54, 1.807) is 36.3 Å². The van der Waals surface area contributed by atoms with Gasteiger partial charge in [0.15, 0.2) is 17.5 Å². The van der Waals surface area contributed by atoms with Gasteiger partial charge in [-0.25, -0.2) is 9.37 Å². The van der Waals surface area contributed by atoms with Gasteiger partial charge in [-0.1, -0.05) is 0 Å². The Labute approximate surface area is 118 Å². The van der Waals surface area contributed by atoms with Crippen LogP contribution in [0.3, 0.4) is 0 Å². The molecular weight excluding hydrogens is 257 g/mol. The lowest BCUT2D eigenvalue weighted by Gasteiger charge is -2.21. The average Bonchev–Trinajstić information content (AvgIpc) is 2.75. The molecule has 0 fully saturated rings. The Morgan fingerprint density at radius 2 is 2.05 bits per heavy atom. The van der Waals surface area contributed by atoms with E-state index in [-0.39, 0.29) is 17.2 Å². The van der Waals surface area contributed by atoms with Gasteiger partial charge in [0.05, 0.1) is 0 Å². The van der Waals surface area contributed by atoms with Crippen molar-refractivity contribution in [3.05, 3.63) is 35.9 Å². The van der Waals surface area contributed by atoms with Crippen LogP contribution < -0.4 is 10.6 Å². The van der Waals surface area contributed by atoms with Crippen LogP contribution in [0, 0.1) is 5.82 Å². The van der Waals surface area contributed by atoms with E-state index in [0.29, 0.717) is 17.9 Å². The predicted octanol–water partition coefficient (Wildman–Crippen LogP) is 2.59. The molecule has 0 unspecified atom stereocenters. The van der Waals surface area contributed by atoms with Crippen molar-refractivity contribution in [3.8, 4) is 0 Å². The summed E-state index contributed by atoms with van der Waals surface area (Å²) in [6.07, 6.45) is 3.37. The molecule has 2 rings (SSSR count). The summed E-state index contributed by atoms with van der Waals surface area (Å²) in [4.78, 5) is 4.02. The lowest BCUT2D eigenvalue weighted by Crippen LogP contribution is -2.35. The number of aryl methyl sites for hydroxylation is 1. The Kier molecular flexibility index (Phi) is 4.04. The zero-order chi connectivity index (χ0) is 14.8. The average molecular weight is 277 g/mol. The quantitative estimate of drug-likeness (QED) is 0.902. The molecule has 2 aromatic heterocycles. The first-order valence-corrected chi connectivity index (χ1v) is 6.50. The SMILES string of the molecule is Cn1ccc(Nc2nccc(CNC(C)(C)C)c2F)n1. The van der Waals surface area contributed by atoms with Crippen LogP contribution >= 0.6 is 0 Å². The van der Waals surface area contributed by atoms with Gasteiger partial charge in [0.1, 0.15) is 0 Å². The number of hydrogen-bond donors (Lipinski definition) is 2. The van der Waals surface area contributed by atoms with Crippen molar-refractivity contribution in [1.82, 2.24) is 20.1 Å². The topological polar surface area (TPSA) is 54.8 Å². The summed E-state index contributed by atoms with van der Waals surface area (Å²) in [6.45, 7) is 6.58. The van der Waals surface area contributed by atoms with Crippen molar-refractivity contribution in [2.45, 2.75) is 32.9 Å². The third kappa shape index (κ3) is 3.77. The summed E-state index contributed by atoms with van der Waals surface area (Å²) < 4.78 is 16.0. The smallest absolute Gasteiger partial charge is 0.170 e. The van der Waals surface area contributed by atoms with Crippen LogP contribution in [0.1, 0.15) is 26.3 Å². The molecule has 0 spiro atoms. The highest BCUT2D eigenvalue weighted by molar-refractivity contribution is 5.52. The molecule has 5 nitrogen and oxygen atoms in total. The second-order valence-corrected chi connectivity index (χ2v) is 5.74. The first-order chi connectivity index (χ1) is 9.35. The molecule has 20 heavy (non-hydrogen) atoms. The zero-order valence-electron chi connectivity index (χ0n) is 12.2. The monoisotopic (exact) mass is 277 g/mol. The summed E-state index contributed by atoms with van der Waals surface area (Å²) in [5, 5.41) is 10.3. The largest absolute Gasteiger partial charge is 0.321 e. The van der Waals surface area contributed by atoms with Crippen molar-refractivity contribution >= 4 is 11.6 Å². The van der Waals surface area contributed by atoms with Gasteiger partial charge in [0, 0.05) is 43.2 Å². The highest BCUT2D eigenvalue weighted by Crippen LogP contribution is 2.19. The Balaban J connectivity index is 2.14. The van der Waals surface area contributed by atoms with E-state index in [9.17, 15) is 4.39 Å². The molecule has 6 heteroatoms. The normalized spacial score (nSPS) is 11.7. The number of nitrogens with one attached hydrogen (secondary N) is 2. The second kappa shape index (κ2) is 5.58. The minimum atomic E-state index is -0.352. The van der Waals surface area contributed by atoms with Crippen molar-refractivity contribution in [2.75, 3.05) is 5.32 Å². The van der Waals surface area contributed by atoms with Gasteiger partial charge in [0.25, 0.3) is 0 Å². The Morgan fingerprint density at radius 3 is 2.65 bits per heavy atom. The Morgan fingerprint density at radius 1 is 1.30 bits per heavy atom. The summed E-state index contributed by atoms with van der Waals surface area (Å²) in [5.41, 5.74) is 0.512. The lowest BCUT2D eigenvalue weighted by molar-refractivity contribution is 0.418. The number of nitrogens with zero attached hydrogens (tertiary/aromatic N) is 3. The fraction of sp³-hybridized carbons (Fsp3) is 0.429. The Bertz CT molecular complexity index is 585. The minimum absolute atomic E-state index is 0.0652. The fourth-order valence-electron chi connectivity index (χ4n) is 1.67. The summed E-state index contributed by atoms with van der Waals surface area (Å²) in [5.74, 6) is 0.409. The number of rotatable bonds is 4. The highest BCUT2D eigenvalue weighted by Gasteiger charge is 2.14. The van der Waals surface area contributed by atoms with Crippen molar-refractivity contribution in [2.24, 2.45) is 7.05 Å². The molecule has 0 saturated heterocycles. The van der Waals surface area contributed by atoms with Crippen LogP contribution in [-0.4, -0.2) is 20.3 Å². The fourth-order valence-corrected chi connectivity index (χ4v) is 1.67. The van der Waals surface area contributed by atoms with Gasteiger partial charge >= 0.3 is 0 Å². The molecule has 0 saturated carbocycles. The molecule has 0 amide bonds. The van der Waals surface area contributed by atoms with Gasteiger partial charge in [-0.05, 0) is 26.8 Å². The van der Waals surface area contributed by atoms with Crippen LogP contribution in [0.4, 0.5) is 16.0 Å². The molecule has 0 aliphatic carbocycles. The molecule has 0 radical (unpaired) electrons. The number of aromatic nitrogens is 3. The molecule has 0 aliphatic rings. The third-order valence-corrected chi connectivity index (χ3v) is 2.74. The standard InChI is InChI=1S/C14H20FN5/c1-14(2,3)17-9-10-5-7-16-13(12(10)15)18-11-6-8-20(4)19-11/h5-8,17H,9H2,1-4H3,(H,16,18,19). The molecule has 0 atom stereocenters. The van der Waals surface area contributed by atoms with Crippen molar-refractivity contribution in [3.63, 3.8) is 0 Å². The third-order valence-electron chi connectivity index (χ3n) is 2.74.